The summed E-state index contributed by atoms with van der Waals surface area (Å²) in [5.74, 6) is 6.74. The molecule has 1 aliphatic heterocycles. The van der Waals surface area contributed by atoms with Crippen molar-refractivity contribution in [3.05, 3.63) is 48.6 Å². The summed E-state index contributed by atoms with van der Waals surface area (Å²) < 4.78 is 0. The van der Waals surface area contributed by atoms with Crippen LogP contribution in [0.15, 0.2) is 48.6 Å². The molecule has 8 saturated carbocycles. The molecule has 0 nitrogen and oxygen atoms in total. The van der Waals surface area contributed by atoms with Crippen LogP contribution < -0.4 is 0 Å². The number of rotatable bonds is 2. The van der Waals surface area contributed by atoms with E-state index in [0.717, 1.165) is 46.3 Å². The Morgan fingerprint density at radius 3 is 0.848 bits per heavy atom. The zero-order valence-electron chi connectivity index (χ0n) is 20.0. The van der Waals surface area contributed by atoms with Crippen molar-refractivity contribution in [3.63, 3.8) is 0 Å². The summed E-state index contributed by atoms with van der Waals surface area (Å²) in [5.41, 5.74) is 1.48. The molecule has 0 aromatic heterocycles. The van der Waals surface area contributed by atoms with Crippen LogP contribution in [0.2, 0.25) is 0 Å². The van der Waals surface area contributed by atoms with Crippen LogP contribution in [0.4, 0.5) is 0 Å². The molecule has 172 valence electrons. The molecule has 0 amide bonds. The van der Waals surface area contributed by atoms with E-state index in [0.29, 0.717) is 0 Å². The van der Waals surface area contributed by atoms with E-state index in [-0.39, 0.29) is 21.7 Å². The van der Waals surface area contributed by atoms with Crippen LogP contribution in [0, 0.1) is 46.3 Å². The van der Waals surface area contributed by atoms with Gasteiger partial charge in [0.05, 0.1) is 0 Å². The standard InChI is InChI=1S/C22H30P2.C8H8.Ti/c1-13-2-15-3-14(1)8-21(7-13,9-15)19-23-20(24-19)22-10-16-4-17(11-22)6-18(5-16)12-22;1-2-4-6-8-7-5-3-1;/h13-18H,1-12H2;1-8H;/b;2-1-,3-1?,4-2?,5-3-,6-4-,7-5?,8-6?,8-7-;. The third-order valence-electron chi connectivity index (χ3n) is 10.3. The van der Waals surface area contributed by atoms with Gasteiger partial charge in [0, 0.05) is 42.6 Å². The molecule has 8 bridgehead atoms. The number of allylic oxidation sites excluding steroid dienone is 8. The Bertz CT molecular complexity index is 772. The fraction of sp³-hybridized carbons (Fsp3) is 0.667. The molecule has 33 heavy (non-hydrogen) atoms. The molecule has 1 heterocycles. The maximum atomic E-state index is 2.02. The second kappa shape index (κ2) is 9.15. The first-order valence-corrected chi connectivity index (χ1v) is 15.3. The van der Waals surface area contributed by atoms with Gasteiger partial charge >= 0.3 is 0 Å². The molecular formula is C30H38P2Ti. The second-order valence-electron chi connectivity index (χ2n) is 12.8. The van der Waals surface area contributed by atoms with Crippen molar-refractivity contribution < 1.29 is 21.7 Å². The van der Waals surface area contributed by atoms with Gasteiger partial charge in [0.25, 0.3) is 0 Å². The van der Waals surface area contributed by atoms with E-state index in [1.165, 1.54) is 0 Å². The van der Waals surface area contributed by atoms with Crippen LogP contribution in [0.5, 0.6) is 0 Å². The van der Waals surface area contributed by atoms with Gasteiger partial charge in [0.1, 0.15) is 0 Å². The monoisotopic (exact) mass is 508 g/mol. The fourth-order valence-corrected chi connectivity index (χ4v) is 13.3. The zero-order chi connectivity index (χ0) is 21.2. The van der Waals surface area contributed by atoms with Crippen LogP contribution in [-0.4, -0.2) is 10.1 Å². The summed E-state index contributed by atoms with van der Waals surface area (Å²) in [6, 6.07) is 0. The predicted octanol–water partition coefficient (Wildman–Crippen LogP) is 8.81. The Morgan fingerprint density at radius 1 is 0.424 bits per heavy atom. The van der Waals surface area contributed by atoms with E-state index >= 15 is 0 Å². The minimum Gasteiger partial charge on any atom is -0.0623 e. The van der Waals surface area contributed by atoms with Gasteiger partial charge in [0.15, 0.2) is 0 Å². The van der Waals surface area contributed by atoms with E-state index in [2.05, 4.69) is 0 Å². The third-order valence-corrected chi connectivity index (χ3v) is 14.3. The molecule has 10 aliphatic rings. The molecule has 10 rings (SSSR count). The Kier molecular flexibility index (Phi) is 6.49. The van der Waals surface area contributed by atoms with Crippen molar-refractivity contribution in [2.75, 3.05) is 0 Å². The molecule has 0 radical (unpaired) electrons. The maximum Gasteiger partial charge on any atom is 0.0141 e. The van der Waals surface area contributed by atoms with Crippen molar-refractivity contribution in [2.24, 2.45) is 46.3 Å². The fourth-order valence-electron chi connectivity index (χ4n) is 9.96. The van der Waals surface area contributed by atoms with Crippen LogP contribution >= 0.6 is 16.4 Å². The third kappa shape index (κ3) is 4.29. The van der Waals surface area contributed by atoms with E-state index < -0.39 is 0 Å². The summed E-state index contributed by atoms with van der Waals surface area (Å²) in [6.07, 6.45) is 35.2. The van der Waals surface area contributed by atoms with Crippen molar-refractivity contribution in [1.29, 1.82) is 0 Å². The van der Waals surface area contributed by atoms with E-state index in [1.807, 2.05) is 58.7 Å². The molecule has 9 aliphatic carbocycles. The average Bonchev–Trinajstić information content (AvgIpc) is 2.64. The topological polar surface area (TPSA) is 0 Å². The molecule has 0 N–H and O–H groups in total. The molecule has 3 heteroatoms. The molecule has 8 fully saturated rings. The average molecular weight is 508 g/mol. The zero-order valence-corrected chi connectivity index (χ0v) is 23.3. The minimum atomic E-state index is 0. The van der Waals surface area contributed by atoms with Gasteiger partial charge in [-0.05, 0) is 113 Å². The normalized spacial score (nSPS) is 51.9. The summed E-state index contributed by atoms with van der Waals surface area (Å²) in [5, 5.41) is 4.04. The number of hydrogen-bond acceptors (Lipinski definition) is 0. The Labute approximate surface area is 219 Å². The molecule has 0 aromatic carbocycles. The van der Waals surface area contributed by atoms with Crippen LogP contribution in [-0.2, 0) is 21.7 Å². The number of hydrogen-bond donors (Lipinski definition) is 0. The first kappa shape index (κ1) is 23.4. The van der Waals surface area contributed by atoms with Crippen LogP contribution in [0.25, 0.3) is 0 Å². The van der Waals surface area contributed by atoms with Crippen LogP contribution in [0.3, 0.4) is 0 Å². The van der Waals surface area contributed by atoms with Crippen LogP contribution in [0.1, 0.15) is 77.0 Å². The quantitative estimate of drug-likeness (QED) is 0.258. The van der Waals surface area contributed by atoms with Gasteiger partial charge < -0.3 is 0 Å². The van der Waals surface area contributed by atoms with E-state index in [1.54, 1.807) is 93.5 Å². The van der Waals surface area contributed by atoms with Gasteiger partial charge in [-0.25, -0.2) is 0 Å². The minimum absolute atomic E-state index is 0. The molecule has 0 spiro atoms. The molecular weight excluding hydrogens is 470 g/mol. The molecule has 0 saturated heterocycles. The first-order valence-electron chi connectivity index (χ1n) is 13.5. The van der Waals surface area contributed by atoms with Crippen molar-refractivity contribution in [3.8, 4) is 0 Å². The Balaban J connectivity index is 0.000000198. The summed E-state index contributed by atoms with van der Waals surface area (Å²) in [4.78, 5) is 0. The van der Waals surface area contributed by atoms with E-state index in [9.17, 15) is 0 Å². The van der Waals surface area contributed by atoms with Crippen molar-refractivity contribution >= 4 is 26.5 Å². The second-order valence-corrected chi connectivity index (χ2v) is 15.7. The molecule has 0 aromatic rings. The molecule has 0 atom stereocenters. The summed E-state index contributed by atoms with van der Waals surface area (Å²) in [7, 11) is 3.58. The SMILES string of the molecule is C1=C\C=C/C=C\C=C/1.C1C2CC3CC1CC(C1=PC(C45CC6CC(CC(C6)C4)C5)=P1)(C2)C3.[Ti]. The van der Waals surface area contributed by atoms with Gasteiger partial charge in [-0.2, -0.15) is 0 Å². The largest absolute Gasteiger partial charge is 0.0623 e. The maximum absolute atomic E-state index is 2.02. The van der Waals surface area contributed by atoms with Gasteiger partial charge in [-0.1, -0.05) is 65.0 Å². The Hall–Kier alpha value is 0.0143. The smallest absolute Gasteiger partial charge is 0.0141 e. The summed E-state index contributed by atoms with van der Waals surface area (Å²) in [6.45, 7) is 0. The van der Waals surface area contributed by atoms with Crippen molar-refractivity contribution in [2.45, 2.75) is 77.0 Å². The van der Waals surface area contributed by atoms with Crippen molar-refractivity contribution in [1.82, 2.24) is 0 Å². The predicted molar refractivity (Wildman–Crippen MR) is 142 cm³/mol. The molecule has 0 unspecified atom stereocenters. The summed E-state index contributed by atoms with van der Waals surface area (Å²) >= 11 is 0. The van der Waals surface area contributed by atoms with Gasteiger partial charge in [0.2, 0.25) is 0 Å². The van der Waals surface area contributed by atoms with Gasteiger partial charge in [-0.3, -0.25) is 0 Å². The Morgan fingerprint density at radius 2 is 0.636 bits per heavy atom. The van der Waals surface area contributed by atoms with E-state index in [4.69, 9.17) is 0 Å². The van der Waals surface area contributed by atoms with Gasteiger partial charge in [-0.15, -0.1) is 0 Å². The first-order chi connectivity index (χ1) is 15.7.